The lowest BCUT2D eigenvalue weighted by Crippen LogP contribution is -2.29. The third-order valence-corrected chi connectivity index (χ3v) is 6.63. The minimum atomic E-state index is 0.109. The van der Waals surface area contributed by atoms with E-state index in [-0.39, 0.29) is 5.91 Å². The van der Waals surface area contributed by atoms with Crippen LogP contribution in [0.4, 0.5) is 0 Å². The van der Waals surface area contributed by atoms with Gasteiger partial charge < -0.3 is 9.47 Å². The lowest BCUT2D eigenvalue weighted by molar-refractivity contribution is 0.0784. The molecule has 0 saturated carbocycles. The van der Waals surface area contributed by atoms with E-state index in [0.29, 0.717) is 11.6 Å². The summed E-state index contributed by atoms with van der Waals surface area (Å²) in [6, 6.07) is 19.1. The molecule has 2 aromatic carbocycles. The lowest BCUT2D eigenvalue weighted by Gasteiger charge is -2.16. The third-order valence-electron chi connectivity index (χ3n) is 6.63. The first-order valence-electron chi connectivity index (χ1n) is 11.2. The fourth-order valence-electron chi connectivity index (χ4n) is 4.91. The molecule has 4 nitrogen and oxygen atoms in total. The number of amides is 1. The smallest absolute Gasteiger partial charge is 0.274 e. The summed E-state index contributed by atoms with van der Waals surface area (Å²) in [6.07, 6.45) is 5.45. The first kappa shape index (κ1) is 19.1. The van der Waals surface area contributed by atoms with Gasteiger partial charge in [-0.05, 0) is 38.2 Å². The summed E-state index contributed by atoms with van der Waals surface area (Å²) in [5.74, 6) is 1.49. The van der Waals surface area contributed by atoms with Gasteiger partial charge in [-0.25, -0.2) is 4.98 Å². The van der Waals surface area contributed by atoms with Crippen molar-refractivity contribution in [2.24, 2.45) is 0 Å². The van der Waals surface area contributed by atoms with E-state index in [0.717, 1.165) is 62.4 Å². The van der Waals surface area contributed by atoms with E-state index in [1.54, 1.807) is 0 Å². The van der Waals surface area contributed by atoms with Gasteiger partial charge in [0.1, 0.15) is 11.5 Å². The Balaban J connectivity index is 1.46. The van der Waals surface area contributed by atoms with Crippen LogP contribution >= 0.6 is 0 Å². The Bertz CT molecular complexity index is 1040. The monoisotopic (exact) mass is 399 g/mol. The topological polar surface area (TPSA) is 38.1 Å². The Kier molecular flexibility index (Phi) is 5.16. The van der Waals surface area contributed by atoms with Gasteiger partial charge in [-0.2, -0.15) is 0 Å². The minimum absolute atomic E-state index is 0.109. The van der Waals surface area contributed by atoms with E-state index in [9.17, 15) is 4.79 Å². The van der Waals surface area contributed by atoms with Crippen molar-refractivity contribution in [1.82, 2.24) is 14.5 Å². The maximum atomic E-state index is 13.6. The predicted octanol–water partition coefficient (Wildman–Crippen LogP) is 5.21. The highest BCUT2D eigenvalue weighted by Gasteiger charge is 2.32. The number of nitrogens with zero attached hydrogens (tertiary/aromatic N) is 3. The van der Waals surface area contributed by atoms with Gasteiger partial charge in [0.15, 0.2) is 0 Å². The third kappa shape index (κ3) is 3.55. The zero-order valence-electron chi connectivity index (χ0n) is 17.7. The molecule has 0 N–H and O–H groups in total. The molecule has 2 aliphatic heterocycles. The molecule has 5 rings (SSSR count). The van der Waals surface area contributed by atoms with Crippen molar-refractivity contribution in [3.63, 3.8) is 0 Å². The van der Waals surface area contributed by atoms with E-state index in [2.05, 4.69) is 60.0 Å². The summed E-state index contributed by atoms with van der Waals surface area (Å²) < 4.78 is 2.32. The van der Waals surface area contributed by atoms with E-state index in [4.69, 9.17) is 4.98 Å². The SMILES string of the molecule is Cc1ccc(-c2nc(C(=O)N3CCC(c4ccccc4)C3)c3n2CCCCC3)cc1. The molecule has 1 unspecified atom stereocenters. The molecule has 0 spiro atoms. The molecule has 0 aliphatic carbocycles. The second kappa shape index (κ2) is 8.10. The van der Waals surface area contributed by atoms with Crippen LogP contribution in [0.5, 0.6) is 0 Å². The molecule has 4 heteroatoms. The van der Waals surface area contributed by atoms with Crippen LogP contribution in [0.2, 0.25) is 0 Å². The van der Waals surface area contributed by atoms with Gasteiger partial charge in [0, 0.05) is 31.1 Å². The highest BCUT2D eigenvalue weighted by atomic mass is 16.2. The molecule has 1 aromatic heterocycles. The standard InChI is InChI=1S/C26H29N3O/c1-19-11-13-21(14-12-19)25-27-24(23-10-6-3-7-16-29(23)25)26(30)28-17-15-22(18-28)20-8-4-2-5-9-20/h2,4-5,8-9,11-14,22H,3,6-7,10,15-18H2,1H3. The number of rotatable bonds is 3. The van der Waals surface area contributed by atoms with Crippen LogP contribution in [0.25, 0.3) is 11.4 Å². The highest BCUT2D eigenvalue weighted by Crippen LogP contribution is 2.31. The van der Waals surface area contributed by atoms with E-state index >= 15 is 0 Å². The number of aromatic nitrogens is 2. The van der Waals surface area contributed by atoms with E-state index < -0.39 is 0 Å². The van der Waals surface area contributed by atoms with Gasteiger partial charge in [-0.15, -0.1) is 0 Å². The number of imidazole rings is 1. The molecule has 1 amide bonds. The van der Waals surface area contributed by atoms with Gasteiger partial charge in [-0.3, -0.25) is 4.79 Å². The number of hydrogen-bond donors (Lipinski definition) is 0. The molecule has 1 fully saturated rings. The number of hydrogen-bond acceptors (Lipinski definition) is 2. The summed E-state index contributed by atoms with van der Waals surface area (Å²) >= 11 is 0. The molecule has 1 atom stereocenters. The lowest BCUT2D eigenvalue weighted by atomic mass is 9.99. The van der Waals surface area contributed by atoms with E-state index in [1.807, 2.05) is 11.0 Å². The van der Waals surface area contributed by atoms with Crippen LogP contribution in [0, 0.1) is 6.92 Å². The average Bonchev–Trinajstić information content (AvgIpc) is 3.33. The van der Waals surface area contributed by atoms with Crippen molar-refractivity contribution in [3.05, 3.63) is 77.1 Å². The van der Waals surface area contributed by atoms with Crippen molar-refractivity contribution in [2.45, 2.75) is 51.5 Å². The number of likely N-dealkylation sites (tertiary alicyclic amines) is 1. The van der Waals surface area contributed by atoms with Crippen LogP contribution in [0.15, 0.2) is 54.6 Å². The fourth-order valence-corrected chi connectivity index (χ4v) is 4.91. The van der Waals surface area contributed by atoms with Gasteiger partial charge in [0.05, 0.1) is 5.69 Å². The fraction of sp³-hybridized carbons (Fsp3) is 0.385. The number of carbonyl (C=O) groups is 1. The van der Waals surface area contributed by atoms with Crippen LogP contribution < -0.4 is 0 Å². The van der Waals surface area contributed by atoms with Gasteiger partial charge >= 0.3 is 0 Å². The molecule has 3 heterocycles. The quantitative estimate of drug-likeness (QED) is 0.606. The van der Waals surface area contributed by atoms with Crippen molar-refractivity contribution in [1.29, 1.82) is 0 Å². The summed E-state index contributed by atoms with van der Waals surface area (Å²) in [4.78, 5) is 20.5. The maximum absolute atomic E-state index is 13.6. The minimum Gasteiger partial charge on any atom is -0.337 e. The molecule has 1 saturated heterocycles. The zero-order valence-corrected chi connectivity index (χ0v) is 17.7. The van der Waals surface area contributed by atoms with Crippen molar-refractivity contribution < 1.29 is 4.79 Å². The number of fused-ring (bicyclic) bond motifs is 1. The Morgan fingerprint density at radius 2 is 1.77 bits per heavy atom. The molecule has 0 bridgehead atoms. The number of aryl methyl sites for hydroxylation is 1. The molecular weight excluding hydrogens is 370 g/mol. The molecule has 2 aliphatic rings. The van der Waals surface area contributed by atoms with Gasteiger partial charge in [-0.1, -0.05) is 66.6 Å². The number of benzene rings is 2. The van der Waals surface area contributed by atoms with Crippen LogP contribution in [0.3, 0.4) is 0 Å². The summed E-state index contributed by atoms with van der Waals surface area (Å²) in [5, 5.41) is 0. The summed E-state index contributed by atoms with van der Waals surface area (Å²) in [7, 11) is 0. The Labute approximate surface area is 178 Å². The van der Waals surface area contributed by atoms with Gasteiger partial charge in [0.2, 0.25) is 0 Å². The van der Waals surface area contributed by atoms with Crippen molar-refractivity contribution in [2.75, 3.05) is 13.1 Å². The summed E-state index contributed by atoms with van der Waals surface area (Å²) in [5.41, 5.74) is 5.49. The number of carbonyl (C=O) groups excluding carboxylic acids is 1. The molecule has 154 valence electrons. The highest BCUT2D eigenvalue weighted by molar-refractivity contribution is 5.94. The Morgan fingerprint density at radius 3 is 2.57 bits per heavy atom. The summed E-state index contributed by atoms with van der Waals surface area (Å²) in [6.45, 7) is 4.65. The molecule has 3 aromatic rings. The second-order valence-corrected chi connectivity index (χ2v) is 8.71. The van der Waals surface area contributed by atoms with E-state index in [1.165, 1.54) is 17.5 Å². The van der Waals surface area contributed by atoms with Crippen LogP contribution in [-0.4, -0.2) is 33.4 Å². The largest absolute Gasteiger partial charge is 0.337 e. The van der Waals surface area contributed by atoms with Crippen molar-refractivity contribution in [3.8, 4) is 11.4 Å². The van der Waals surface area contributed by atoms with Crippen LogP contribution in [0.1, 0.15) is 58.9 Å². The molecule has 30 heavy (non-hydrogen) atoms. The molecular formula is C26H29N3O. The second-order valence-electron chi connectivity index (χ2n) is 8.71. The first-order valence-corrected chi connectivity index (χ1v) is 11.2. The molecule has 0 radical (unpaired) electrons. The zero-order chi connectivity index (χ0) is 20.5. The van der Waals surface area contributed by atoms with Gasteiger partial charge in [0.25, 0.3) is 5.91 Å². The van der Waals surface area contributed by atoms with Crippen molar-refractivity contribution >= 4 is 5.91 Å². The Hall–Kier alpha value is -2.88. The van der Waals surface area contributed by atoms with Crippen LogP contribution in [-0.2, 0) is 13.0 Å². The normalized spacial score (nSPS) is 18.8. The predicted molar refractivity (Wildman–Crippen MR) is 120 cm³/mol. The maximum Gasteiger partial charge on any atom is 0.274 e. The first-order chi connectivity index (χ1) is 14.7. The Morgan fingerprint density at radius 1 is 0.967 bits per heavy atom. The average molecular weight is 400 g/mol.